The van der Waals surface area contributed by atoms with Crippen LogP contribution in [-0.4, -0.2) is 42.4 Å². The van der Waals surface area contributed by atoms with Crippen LogP contribution in [0.1, 0.15) is 23.3 Å². The van der Waals surface area contributed by atoms with Crippen LogP contribution in [0.5, 0.6) is 5.75 Å². The number of hydrogen-bond acceptors (Lipinski definition) is 4. The van der Waals surface area contributed by atoms with E-state index in [0.717, 1.165) is 16.9 Å². The zero-order valence-electron chi connectivity index (χ0n) is 13.0. The molecule has 0 spiro atoms. The molecule has 0 aliphatic carbocycles. The van der Waals surface area contributed by atoms with Crippen LogP contribution in [0, 0.1) is 0 Å². The first-order valence-corrected chi connectivity index (χ1v) is 7.33. The summed E-state index contributed by atoms with van der Waals surface area (Å²) in [5.74, 6) is 0.785. The summed E-state index contributed by atoms with van der Waals surface area (Å²) in [5.41, 5.74) is 1.87. The van der Waals surface area contributed by atoms with Crippen molar-refractivity contribution in [2.75, 3.05) is 27.3 Å². The SMILES string of the molecule is COc1ccc(C(CO)N(C)CC(O)c2ccccc2)cc1. The predicted octanol–water partition coefficient (Wildman–Crippen LogP) is 2.39. The molecule has 0 saturated heterocycles. The van der Waals surface area contributed by atoms with Crippen LogP contribution in [0.3, 0.4) is 0 Å². The lowest BCUT2D eigenvalue weighted by Gasteiger charge is -2.29. The van der Waals surface area contributed by atoms with Gasteiger partial charge in [-0.3, -0.25) is 4.90 Å². The van der Waals surface area contributed by atoms with E-state index in [0.29, 0.717) is 6.54 Å². The van der Waals surface area contributed by atoms with Crippen LogP contribution >= 0.6 is 0 Å². The van der Waals surface area contributed by atoms with Crippen molar-refractivity contribution in [3.05, 3.63) is 65.7 Å². The van der Waals surface area contributed by atoms with Crippen LogP contribution in [-0.2, 0) is 0 Å². The summed E-state index contributed by atoms with van der Waals surface area (Å²) >= 11 is 0. The molecular weight excluding hydrogens is 278 g/mol. The smallest absolute Gasteiger partial charge is 0.118 e. The first kappa shape index (κ1) is 16.5. The van der Waals surface area contributed by atoms with Gasteiger partial charge in [0.2, 0.25) is 0 Å². The number of benzene rings is 2. The number of aliphatic hydroxyl groups excluding tert-OH is 2. The molecule has 0 bridgehead atoms. The number of aliphatic hydroxyl groups is 2. The van der Waals surface area contributed by atoms with Crippen molar-refractivity contribution in [1.82, 2.24) is 4.90 Å². The third-order valence-corrected chi connectivity index (χ3v) is 3.85. The van der Waals surface area contributed by atoms with Gasteiger partial charge < -0.3 is 14.9 Å². The summed E-state index contributed by atoms with van der Waals surface area (Å²) in [6, 6.07) is 17.0. The van der Waals surface area contributed by atoms with Crippen molar-refractivity contribution in [2.24, 2.45) is 0 Å². The highest BCUT2D eigenvalue weighted by molar-refractivity contribution is 5.29. The molecule has 4 nitrogen and oxygen atoms in total. The van der Waals surface area contributed by atoms with Gasteiger partial charge in [-0.1, -0.05) is 42.5 Å². The first-order chi connectivity index (χ1) is 10.7. The first-order valence-electron chi connectivity index (χ1n) is 7.33. The number of methoxy groups -OCH3 is 1. The Morgan fingerprint density at radius 2 is 1.64 bits per heavy atom. The molecule has 0 aliphatic heterocycles. The molecule has 4 heteroatoms. The minimum absolute atomic E-state index is 0.00958. The summed E-state index contributed by atoms with van der Waals surface area (Å²) in [6.07, 6.45) is -0.585. The summed E-state index contributed by atoms with van der Waals surface area (Å²) < 4.78 is 5.15. The van der Waals surface area contributed by atoms with E-state index in [1.165, 1.54) is 0 Å². The summed E-state index contributed by atoms with van der Waals surface area (Å²) in [6.45, 7) is 0.436. The van der Waals surface area contributed by atoms with Crippen LogP contribution in [0.25, 0.3) is 0 Å². The van der Waals surface area contributed by atoms with E-state index in [2.05, 4.69) is 0 Å². The Kier molecular flexibility index (Phi) is 5.95. The molecule has 2 aromatic rings. The molecule has 2 aromatic carbocycles. The van der Waals surface area contributed by atoms with Crippen molar-refractivity contribution in [3.63, 3.8) is 0 Å². The molecule has 2 N–H and O–H groups in total. The maximum atomic E-state index is 10.3. The summed E-state index contributed by atoms with van der Waals surface area (Å²) in [4.78, 5) is 1.96. The Balaban J connectivity index is 2.06. The van der Waals surface area contributed by atoms with Crippen molar-refractivity contribution >= 4 is 0 Å². The average Bonchev–Trinajstić information content (AvgIpc) is 2.57. The molecule has 2 rings (SSSR count). The Morgan fingerprint density at radius 1 is 1.00 bits per heavy atom. The van der Waals surface area contributed by atoms with E-state index >= 15 is 0 Å². The number of hydrogen-bond donors (Lipinski definition) is 2. The van der Waals surface area contributed by atoms with E-state index in [4.69, 9.17) is 4.74 Å². The zero-order chi connectivity index (χ0) is 15.9. The van der Waals surface area contributed by atoms with Crippen molar-refractivity contribution in [2.45, 2.75) is 12.1 Å². The topological polar surface area (TPSA) is 52.9 Å². The Bertz CT molecular complexity index is 556. The number of rotatable bonds is 7. The molecule has 0 aliphatic rings. The fourth-order valence-corrected chi connectivity index (χ4v) is 2.51. The maximum absolute atomic E-state index is 10.3. The van der Waals surface area contributed by atoms with E-state index in [-0.39, 0.29) is 12.6 Å². The van der Waals surface area contributed by atoms with E-state index in [9.17, 15) is 10.2 Å². The van der Waals surface area contributed by atoms with Crippen LogP contribution in [0.15, 0.2) is 54.6 Å². The Hall–Kier alpha value is -1.88. The highest BCUT2D eigenvalue weighted by Crippen LogP contribution is 2.24. The van der Waals surface area contributed by atoms with E-state index in [1.54, 1.807) is 7.11 Å². The van der Waals surface area contributed by atoms with Crippen molar-refractivity contribution in [3.8, 4) is 5.75 Å². The van der Waals surface area contributed by atoms with Gasteiger partial charge in [-0.15, -0.1) is 0 Å². The second-order valence-corrected chi connectivity index (χ2v) is 5.34. The molecule has 0 fully saturated rings. The van der Waals surface area contributed by atoms with Crippen molar-refractivity contribution < 1.29 is 14.9 Å². The lowest BCUT2D eigenvalue weighted by molar-refractivity contribution is 0.0795. The van der Waals surface area contributed by atoms with Gasteiger partial charge in [0.05, 0.1) is 25.9 Å². The predicted molar refractivity (Wildman–Crippen MR) is 86.9 cm³/mol. The van der Waals surface area contributed by atoms with E-state index in [1.807, 2.05) is 66.5 Å². The molecule has 0 heterocycles. The second kappa shape index (κ2) is 7.94. The van der Waals surface area contributed by atoms with Gasteiger partial charge in [-0.2, -0.15) is 0 Å². The van der Waals surface area contributed by atoms with Gasteiger partial charge in [0, 0.05) is 6.54 Å². The number of likely N-dealkylation sites (N-methyl/N-ethyl adjacent to an activating group) is 1. The minimum atomic E-state index is -0.585. The lowest BCUT2D eigenvalue weighted by Crippen LogP contribution is -2.31. The Morgan fingerprint density at radius 3 is 2.18 bits per heavy atom. The van der Waals surface area contributed by atoms with E-state index < -0.39 is 6.10 Å². The van der Waals surface area contributed by atoms with Crippen LogP contribution < -0.4 is 4.74 Å². The largest absolute Gasteiger partial charge is 0.497 e. The standard InChI is InChI=1S/C18H23NO3/c1-19(12-18(21)15-6-4-3-5-7-15)17(13-20)14-8-10-16(22-2)11-9-14/h3-11,17-18,20-21H,12-13H2,1-2H3. The quantitative estimate of drug-likeness (QED) is 0.824. The molecule has 118 valence electrons. The zero-order valence-corrected chi connectivity index (χ0v) is 13.0. The Labute approximate surface area is 131 Å². The van der Waals surface area contributed by atoms with Gasteiger partial charge in [0.15, 0.2) is 0 Å². The molecule has 2 unspecified atom stereocenters. The van der Waals surface area contributed by atoms with Gasteiger partial charge in [-0.05, 0) is 30.3 Å². The number of ether oxygens (including phenoxy) is 1. The molecule has 0 saturated carbocycles. The normalized spacial score (nSPS) is 13.9. The van der Waals surface area contributed by atoms with Gasteiger partial charge in [-0.25, -0.2) is 0 Å². The van der Waals surface area contributed by atoms with Crippen LogP contribution in [0.2, 0.25) is 0 Å². The van der Waals surface area contributed by atoms with Gasteiger partial charge in [0.1, 0.15) is 5.75 Å². The fraction of sp³-hybridized carbons (Fsp3) is 0.333. The minimum Gasteiger partial charge on any atom is -0.497 e. The fourth-order valence-electron chi connectivity index (χ4n) is 2.51. The maximum Gasteiger partial charge on any atom is 0.118 e. The number of nitrogens with zero attached hydrogens (tertiary/aromatic N) is 1. The van der Waals surface area contributed by atoms with Crippen molar-refractivity contribution in [1.29, 1.82) is 0 Å². The van der Waals surface area contributed by atoms with Gasteiger partial charge >= 0.3 is 0 Å². The molecule has 0 radical (unpaired) electrons. The summed E-state index contributed by atoms with van der Waals surface area (Å²) in [5, 5.41) is 20.0. The molecule has 0 aromatic heterocycles. The third-order valence-electron chi connectivity index (χ3n) is 3.85. The molecule has 2 atom stereocenters. The monoisotopic (exact) mass is 301 g/mol. The van der Waals surface area contributed by atoms with Crippen LogP contribution in [0.4, 0.5) is 0 Å². The molecule has 0 amide bonds. The third kappa shape index (κ3) is 4.07. The molecule has 22 heavy (non-hydrogen) atoms. The molecular formula is C18H23NO3. The second-order valence-electron chi connectivity index (χ2n) is 5.34. The van der Waals surface area contributed by atoms with Gasteiger partial charge in [0.25, 0.3) is 0 Å². The highest BCUT2D eigenvalue weighted by atomic mass is 16.5. The average molecular weight is 301 g/mol. The summed E-state index contributed by atoms with van der Waals surface area (Å²) in [7, 11) is 3.53. The highest BCUT2D eigenvalue weighted by Gasteiger charge is 2.19. The lowest BCUT2D eigenvalue weighted by atomic mass is 10.0.